The maximum atomic E-state index is 5.55. The van der Waals surface area contributed by atoms with Crippen molar-refractivity contribution in [1.29, 1.82) is 0 Å². The number of nitrogens with zero attached hydrogens (tertiary/aromatic N) is 1. The molecule has 2 N–H and O–H groups in total. The number of likely N-dealkylation sites (tertiary alicyclic amines) is 1. The highest BCUT2D eigenvalue weighted by atomic mass is 16.5. The molecule has 0 radical (unpaired) electrons. The van der Waals surface area contributed by atoms with Crippen LogP contribution in [0, 0.1) is 5.92 Å². The molecule has 0 aliphatic carbocycles. The molecule has 1 saturated heterocycles. The van der Waals surface area contributed by atoms with Crippen LogP contribution in [0.5, 0.6) is 0 Å². The van der Waals surface area contributed by atoms with Crippen LogP contribution in [-0.2, 0) is 4.74 Å². The minimum Gasteiger partial charge on any atom is -0.381 e. The summed E-state index contributed by atoms with van der Waals surface area (Å²) in [5, 5.41) is 0. The molecule has 16 heavy (non-hydrogen) atoms. The second-order valence-electron chi connectivity index (χ2n) is 5.10. The van der Waals surface area contributed by atoms with Crippen LogP contribution in [0.15, 0.2) is 0 Å². The van der Waals surface area contributed by atoms with E-state index in [4.69, 9.17) is 10.5 Å². The molecule has 1 heterocycles. The summed E-state index contributed by atoms with van der Waals surface area (Å²) < 4.78 is 5.37. The monoisotopic (exact) mass is 228 g/mol. The Labute approximate surface area is 100 Å². The van der Waals surface area contributed by atoms with Gasteiger partial charge in [-0.05, 0) is 51.1 Å². The zero-order valence-corrected chi connectivity index (χ0v) is 11.0. The van der Waals surface area contributed by atoms with E-state index < -0.39 is 0 Å². The van der Waals surface area contributed by atoms with Gasteiger partial charge in [0.25, 0.3) is 0 Å². The number of methoxy groups -OCH3 is 1. The van der Waals surface area contributed by atoms with Crippen molar-refractivity contribution in [2.75, 3.05) is 33.3 Å². The largest absolute Gasteiger partial charge is 0.381 e. The lowest BCUT2D eigenvalue weighted by Gasteiger charge is -2.31. The average Bonchev–Trinajstić information content (AvgIpc) is 2.30. The van der Waals surface area contributed by atoms with E-state index in [2.05, 4.69) is 11.8 Å². The zero-order valence-electron chi connectivity index (χ0n) is 11.0. The number of hydrogen-bond acceptors (Lipinski definition) is 3. The summed E-state index contributed by atoms with van der Waals surface area (Å²) in [5.74, 6) is 0.793. The summed E-state index contributed by atoms with van der Waals surface area (Å²) >= 11 is 0. The third kappa shape index (κ3) is 5.28. The van der Waals surface area contributed by atoms with Crippen molar-refractivity contribution >= 4 is 0 Å². The van der Waals surface area contributed by atoms with Crippen molar-refractivity contribution in [3.8, 4) is 0 Å². The molecule has 3 heteroatoms. The van der Waals surface area contributed by atoms with Gasteiger partial charge in [-0.1, -0.05) is 6.92 Å². The van der Waals surface area contributed by atoms with Crippen LogP contribution in [-0.4, -0.2) is 44.3 Å². The predicted octanol–water partition coefficient (Wildman–Crippen LogP) is 1.86. The lowest BCUT2D eigenvalue weighted by atomic mass is 10.0. The lowest BCUT2D eigenvalue weighted by Crippen LogP contribution is -2.37. The van der Waals surface area contributed by atoms with Crippen molar-refractivity contribution in [3.05, 3.63) is 0 Å². The molecule has 0 bridgehead atoms. The highest BCUT2D eigenvalue weighted by Gasteiger charge is 2.17. The first kappa shape index (κ1) is 13.9. The average molecular weight is 228 g/mol. The normalized spacial score (nSPS) is 21.2. The van der Waals surface area contributed by atoms with Crippen molar-refractivity contribution in [1.82, 2.24) is 4.90 Å². The zero-order chi connectivity index (χ0) is 11.8. The molecule has 1 fully saturated rings. The molecular formula is C13H28N2O. The van der Waals surface area contributed by atoms with Crippen LogP contribution in [0.4, 0.5) is 0 Å². The SMILES string of the molecule is COC1CCN(CCCC(C)CCN)CC1. The Morgan fingerprint density at radius 2 is 2.00 bits per heavy atom. The van der Waals surface area contributed by atoms with Crippen LogP contribution in [0.2, 0.25) is 0 Å². The molecule has 1 aliphatic heterocycles. The number of hydrogen-bond donors (Lipinski definition) is 1. The first-order chi connectivity index (χ1) is 7.76. The topological polar surface area (TPSA) is 38.5 Å². The maximum absolute atomic E-state index is 5.55. The third-order valence-electron chi connectivity index (χ3n) is 3.70. The number of rotatable bonds is 7. The Bertz CT molecular complexity index is 167. The summed E-state index contributed by atoms with van der Waals surface area (Å²) in [5.41, 5.74) is 5.55. The Morgan fingerprint density at radius 1 is 1.31 bits per heavy atom. The second kappa shape index (κ2) is 8.04. The summed E-state index contributed by atoms with van der Waals surface area (Å²) in [6, 6.07) is 0. The van der Waals surface area contributed by atoms with E-state index in [1.165, 1.54) is 51.7 Å². The summed E-state index contributed by atoms with van der Waals surface area (Å²) in [6.45, 7) is 6.82. The molecule has 1 unspecified atom stereocenters. The van der Waals surface area contributed by atoms with Crippen LogP contribution in [0.3, 0.4) is 0 Å². The predicted molar refractivity (Wildman–Crippen MR) is 68.5 cm³/mol. The third-order valence-corrected chi connectivity index (χ3v) is 3.70. The lowest BCUT2D eigenvalue weighted by molar-refractivity contribution is 0.0404. The first-order valence-corrected chi connectivity index (χ1v) is 6.71. The number of ether oxygens (including phenoxy) is 1. The maximum Gasteiger partial charge on any atom is 0.0595 e. The number of piperidine rings is 1. The van der Waals surface area contributed by atoms with E-state index in [0.29, 0.717) is 6.10 Å². The van der Waals surface area contributed by atoms with Crippen LogP contribution in [0.25, 0.3) is 0 Å². The highest BCUT2D eigenvalue weighted by Crippen LogP contribution is 2.15. The summed E-state index contributed by atoms with van der Waals surface area (Å²) in [4.78, 5) is 2.57. The van der Waals surface area contributed by atoms with Gasteiger partial charge in [0, 0.05) is 20.2 Å². The molecule has 0 aromatic rings. The quantitative estimate of drug-likeness (QED) is 0.723. The van der Waals surface area contributed by atoms with Gasteiger partial charge in [0.2, 0.25) is 0 Å². The van der Waals surface area contributed by atoms with Crippen molar-refractivity contribution in [2.45, 2.75) is 45.1 Å². The fraction of sp³-hybridized carbons (Fsp3) is 1.00. The minimum atomic E-state index is 0.507. The van der Waals surface area contributed by atoms with Gasteiger partial charge in [0.15, 0.2) is 0 Å². The molecule has 1 aliphatic rings. The van der Waals surface area contributed by atoms with E-state index in [0.717, 1.165) is 12.5 Å². The van der Waals surface area contributed by atoms with Gasteiger partial charge in [-0.2, -0.15) is 0 Å². The molecule has 1 atom stereocenters. The molecule has 0 amide bonds. The van der Waals surface area contributed by atoms with Gasteiger partial charge in [-0.15, -0.1) is 0 Å². The Balaban J connectivity index is 2.02. The van der Waals surface area contributed by atoms with Gasteiger partial charge >= 0.3 is 0 Å². The second-order valence-corrected chi connectivity index (χ2v) is 5.10. The summed E-state index contributed by atoms with van der Waals surface area (Å²) in [7, 11) is 1.83. The molecule has 3 nitrogen and oxygen atoms in total. The van der Waals surface area contributed by atoms with Crippen LogP contribution in [0.1, 0.15) is 39.0 Å². The van der Waals surface area contributed by atoms with Gasteiger partial charge in [-0.3, -0.25) is 0 Å². The fourth-order valence-corrected chi connectivity index (χ4v) is 2.46. The Hall–Kier alpha value is -0.120. The standard InChI is InChI=1S/C13H28N2O/c1-12(5-8-14)4-3-9-15-10-6-13(16-2)7-11-15/h12-13H,3-11,14H2,1-2H3. The van der Waals surface area contributed by atoms with Crippen molar-refractivity contribution in [2.24, 2.45) is 11.7 Å². The molecule has 0 saturated carbocycles. The van der Waals surface area contributed by atoms with Gasteiger partial charge in [-0.25, -0.2) is 0 Å². The van der Waals surface area contributed by atoms with Gasteiger partial charge in [0.05, 0.1) is 6.10 Å². The molecule has 96 valence electrons. The first-order valence-electron chi connectivity index (χ1n) is 6.71. The Kier molecular flexibility index (Phi) is 7.01. The highest BCUT2D eigenvalue weighted by molar-refractivity contribution is 4.72. The molecule has 1 rings (SSSR count). The minimum absolute atomic E-state index is 0.507. The van der Waals surface area contributed by atoms with E-state index in [9.17, 15) is 0 Å². The van der Waals surface area contributed by atoms with Crippen molar-refractivity contribution < 1.29 is 4.74 Å². The van der Waals surface area contributed by atoms with Crippen LogP contribution >= 0.6 is 0 Å². The smallest absolute Gasteiger partial charge is 0.0595 e. The van der Waals surface area contributed by atoms with Crippen LogP contribution < -0.4 is 5.73 Å². The van der Waals surface area contributed by atoms with Gasteiger partial charge < -0.3 is 15.4 Å². The van der Waals surface area contributed by atoms with E-state index in [1.54, 1.807) is 0 Å². The van der Waals surface area contributed by atoms with E-state index in [-0.39, 0.29) is 0 Å². The molecule has 0 aromatic carbocycles. The van der Waals surface area contributed by atoms with Crippen molar-refractivity contribution in [3.63, 3.8) is 0 Å². The molecule has 0 spiro atoms. The number of nitrogens with two attached hydrogens (primary N) is 1. The van der Waals surface area contributed by atoms with E-state index >= 15 is 0 Å². The molecule has 0 aromatic heterocycles. The molecular weight excluding hydrogens is 200 g/mol. The Morgan fingerprint density at radius 3 is 2.56 bits per heavy atom. The fourth-order valence-electron chi connectivity index (χ4n) is 2.46. The summed E-state index contributed by atoms with van der Waals surface area (Å²) in [6.07, 6.45) is 6.72. The van der Waals surface area contributed by atoms with Gasteiger partial charge in [0.1, 0.15) is 0 Å². The van der Waals surface area contributed by atoms with E-state index in [1.807, 2.05) is 7.11 Å².